The molecule has 6 nitrogen and oxygen atoms in total. The number of rotatable bonds is 7. The van der Waals surface area contributed by atoms with Crippen molar-refractivity contribution in [3.8, 4) is 22.8 Å². The smallest absolute Gasteiger partial charge is 0.229 e. The molecule has 1 aromatic heterocycles. The Kier molecular flexibility index (Phi) is 5.79. The highest BCUT2D eigenvalue weighted by Gasteiger charge is 2.16. The minimum atomic E-state index is 0.474. The number of hydrogen-bond acceptors (Lipinski definition) is 6. The molecule has 1 saturated carbocycles. The molecule has 1 aliphatic rings. The van der Waals surface area contributed by atoms with Gasteiger partial charge < -0.3 is 20.1 Å². The summed E-state index contributed by atoms with van der Waals surface area (Å²) in [5, 5.41) is 6.89. The van der Waals surface area contributed by atoms with Gasteiger partial charge in [0.1, 0.15) is 5.82 Å². The van der Waals surface area contributed by atoms with Crippen LogP contribution in [-0.2, 0) is 0 Å². The SMILES string of the molecule is COc1ccc(Nc2nc(NC3CCCC3)cc(-c3ccccc3)n2)cc1OC. The van der Waals surface area contributed by atoms with Crippen molar-refractivity contribution >= 4 is 17.5 Å². The molecular weight excluding hydrogens is 364 g/mol. The Bertz CT molecular complexity index is 956. The lowest BCUT2D eigenvalue weighted by atomic mass is 10.1. The highest BCUT2D eigenvalue weighted by atomic mass is 16.5. The summed E-state index contributed by atoms with van der Waals surface area (Å²) in [5.41, 5.74) is 2.77. The van der Waals surface area contributed by atoms with Crippen molar-refractivity contribution in [3.05, 3.63) is 54.6 Å². The normalized spacial score (nSPS) is 13.9. The number of benzene rings is 2. The van der Waals surface area contributed by atoms with E-state index in [0.29, 0.717) is 23.5 Å². The molecule has 1 heterocycles. The summed E-state index contributed by atoms with van der Waals surface area (Å²) in [5.74, 6) is 2.72. The van der Waals surface area contributed by atoms with E-state index in [2.05, 4.69) is 22.8 Å². The van der Waals surface area contributed by atoms with E-state index in [9.17, 15) is 0 Å². The van der Waals surface area contributed by atoms with Gasteiger partial charge in [0.25, 0.3) is 0 Å². The first-order valence-corrected chi connectivity index (χ1v) is 9.95. The van der Waals surface area contributed by atoms with E-state index in [1.165, 1.54) is 25.7 Å². The van der Waals surface area contributed by atoms with Gasteiger partial charge in [-0.3, -0.25) is 0 Å². The maximum atomic E-state index is 5.40. The van der Waals surface area contributed by atoms with Crippen LogP contribution >= 0.6 is 0 Å². The van der Waals surface area contributed by atoms with Crippen LogP contribution < -0.4 is 20.1 Å². The standard InChI is InChI=1S/C23H26N4O2/c1-28-20-13-12-18(14-21(20)29-2)25-23-26-19(16-8-4-3-5-9-16)15-22(27-23)24-17-10-6-7-11-17/h3-5,8-9,12-15,17H,6-7,10-11H2,1-2H3,(H2,24,25,26,27). The van der Waals surface area contributed by atoms with Gasteiger partial charge in [-0.15, -0.1) is 0 Å². The summed E-state index contributed by atoms with van der Waals surface area (Å²) in [6, 6.07) is 18.3. The van der Waals surface area contributed by atoms with Crippen LogP contribution in [0.2, 0.25) is 0 Å². The Morgan fingerprint density at radius 1 is 0.862 bits per heavy atom. The number of methoxy groups -OCH3 is 2. The number of nitrogens with one attached hydrogen (secondary N) is 2. The molecule has 0 saturated heterocycles. The first-order valence-electron chi connectivity index (χ1n) is 9.95. The van der Waals surface area contributed by atoms with Crippen molar-refractivity contribution in [1.82, 2.24) is 9.97 Å². The van der Waals surface area contributed by atoms with Gasteiger partial charge in [-0.2, -0.15) is 4.98 Å². The van der Waals surface area contributed by atoms with E-state index >= 15 is 0 Å². The molecule has 0 aliphatic heterocycles. The van der Waals surface area contributed by atoms with Crippen molar-refractivity contribution < 1.29 is 9.47 Å². The van der Waals surface area contributed by atoms with E-state index in [1.54, 1.807) is 14.2 Å². The molecule has 150 valence electrons. The fraction of sp³-hybridized carbons (Fsp3) is 0.304. The van der Waals surface area contributed by atoms with Gasteiger partial charge in [-0.05, 0) is 25.0 Å². The van der Waals surface area contributed by atoms with E-state index < -0.39 is 0 Å². The molecule has 2 aromatic carbocycles. The minimum Gasteiger partial charge on any atom is -0.493 e. The zero-order chi connectivity index (χ0) is 20.1. The number of hydrogen-bond donors (Lipinski definition) is 2. The molecule has 29 heavy (non-hydrogen) atoms. The first-order chi connectivity index (χ1) is 14.2. The van der Waals surface area contributed by atoms with Crippen LogP contribution in [0.5, 0.6) is 11.5 Å². The molecule has 0 amide bonds. The van der Waals surface area contributed by atoms with Crippen molar-refractivity contribution in [2.24, 2.45) is 0 Å². The van der Waals surface area contributed by atoms with Gasteiger partial charge in [0, 0.05) is 29.4 Å². The van der Waals surface area contributed by atoms with Gasteiger partial charge in [-0.1, -0.05) is 43.2 Å². The number of aromatic nitrogens is 2. The van der Waals surface area contributed by atoms with Crippen LogP contribution in [0.15, 0.2) is 54.6 Å². The highest BCUT2D eigenvalue weighted by Crippen LogP contribution is 2.31. The maximum Gasteiger partial charge on any atom is 0.229 e. The van der Waals surface area contributed by atoms with Gasteiger partial charge in [0.2, 0.25) is 5.95 Å². The lowest BCUT2D eigenvalue weighted by Crippen LogP contribution is -2.16. The lowest BCUT2D eigenvalue weighted by Gasteiger charge is -2.16. The predicted octanol–water partition coefficient (Wildman–Crippen LogP) is 5.26. The summed E-state index contributed by atoms with van der Waals surface area (Å²) in [6.07, 6.45) is 4.91. The topological polar surface area (TPSA) is 68.3 Å². The van der Waals surface area contributed by atoms with Crippen molar-refractivity contribution in [2.75, 3.05) is 24.9 Å². The fourth-order valence-corrected chi connectivity index (χ4v) is 3.66. The van der Waals surface area contributed by atoms with Crippen molar-refractivity contribution in [1.29, 1.82) is 0 Å². The Balaban J connectivity index is 1.66. The minimum absolute atomic E-state index is 0.474. The molecule has 3 aromatic rings. The molecule has 1 fully saturated rings. The average molecular weight is 390 g/mol. The second-order valence-corrected chi connectivity index (χ2v) is 7.15. The van der Waals surface area contributed by atoms with Crippen LogP contribution in [0.3, 0.4) is 0 Å². The Morgan fingerprint density at radius 2 is 1.62 bits per heavy atom. The first kappa shape index (κ1) is 19.1. The molecule has 1 aliphatic carbocycles. The third-order valence-corrected chi connectivity index (χ3v) is 5.14. The predicted molar refractivity (Wildman–Crippen MR) is 116 cm³/mol. The summed E-state index contributed by atoms with van der Waals surface area (Å²) in [7, 11) is 3.25. The van der Waals surface area contributed by atoms with E-state index in [4.69, 9.17) is 19.4 Å². The van der Waals surface area contributed by atoms with E-state index in [-0.39, 0.29) is 0 Å². The average Bonchev–Trinajstić information content (AvgIpc) is 3.27. The van der Waals surface area contributed by atoms with Gasteiger partial charge >= 0.3 is 0 Å². The largest absolute Gasteiger partial charge is 0.493 e. The lowest BCUT2D eigenvalue weighted by molar-refractivity contribution is 0.355. The molecule has 6 heteroatoms. The van der Waals surface area contributed by atoms with Gasteiger partial charge in [0.15, 0.2) is 11.5 Å². The summed E-state index contributed by atoms with van der Waals surface area (Å²) in [4.78, 5) is 9.45. The summed E-state index contributed by atoms with van der Waals surface area (Å²) in [6.45, 7) is 0. The zero-order valence-electron chi connectivity index (χ0n) is 16.8. The highest BCUT2D eigenvalue weighted by molar-refractivity contribution is 5.67. The third kappa shape index (κ3) is 4.59. The van der Waals surface area contributed by atoms with Crippen LogP contribution in [0, 0.1) is 0 Å². The second kappa shape index (κ2) is 8.82. The molecule has 0 atom stereocenters. The Morgan fingerprint density at radius 3 is 2.34 bits per heavy atom. The third-order valence-electron chi connectivity index (χ3n) is 5.14. The number of anilines is 3. The molecule has 0 radical (unpaired) electrons. The Hall–Kier alpha value is -3.28. The van der Waals surface area contributed by atoms with Crippen LogP contribution in [0.1, 0.15) is 25.7 Å². The monoisotopic (exact) mass is 390 g/mol. The van der Waals surface area contributed by atoms with Crippen molar-refractivity contribution in [2.45, 2.75) is 31.7 Å². The van der Waals surface area contributed by atoms with E-state index in [1.807, 2.05) is 42.5 Å². The van der Waals surface area contributed by atoms with Crippen LogP contribution in [0.25, 0.3) is 11.3 Å². The number of nitrogens with zero attached hydrogens (tertiary/aromatic N) is 2. The van der Waals surface area contributed by atoms with Crippen LogP contribution in [-0.4, -0.2) is 30.2 Å². The molecular formula is C23H26N4O2. The van der Waals surface area contributed by atoms with Crippen LogP contribution in [0.4, 0.5) is 17.5 Å². The van der Waals surface area contributed by atoms with Gasteiger partial charge in [-0.25, -0.2) is 4.98 Å². The number of ether oxygens (including phenoxy) is 2. The van der Waals surface area contributed by atoms with E-state index in [0.717, 1.165) is 22.8 Å². The molecule has 0 bridgehead atoms. The van der Waals surface area contributed by atoms with Crippen molar-refractivity contribution in [3.63, 3.8) is 0 Å². The second-order valence-electron chi connectivity index (χ2n) is 7.15. The Labute approximate surface area is 171 Å². The molecule has 2 N–H and O–H groups in total. The summed E-state index contributed by atoms with van der Waals surface area (Å²) >= 11 is 0. The fourth-order valence-electron chi connectivity index (χ4n) is 3.66. The molecule has 0 unspecified atom stereocenters. The maximum absolute atomic E-state index is 5.40. The zero-order valence-corrected chi connectivity index (χ0v) is 16.8. The summed E-state index contributed by atoms with van der Waals surface area (Å²) < 4.78 is 10.7. The molecule has 0 spiro atoms. The van der Waals surface area contributed by atoms with Gasteiger partial charge in [0.05, 0.1) is 19.9 Å². The quantitative estimate of drug-likeness (QED) is 0.574. The molecule has 4 rings (SSSR count).